The quantitative estimate of drug-likeness (QED) is 0.791. The highest BCUT2D eigenvalue weighted by molar-refractivity contribution is 5.38. The second-order valence-corrected chi connectivity index (χ2v) is 5.17. The van der Waals surface area contributed by atoms with Crippen molar-refractivity contribution in [1.29, 1.82) is 0 Å². The maximum Gasteiger partial charge on any atom is 0.126 e. The van der Waals surface area contributed by atoms with Gasteiger partial charge in [0.15, 0.2) is 0 Å². The van der Waals surface area contributed by atoms with Crippen molar-refractivity contribution in [3.63, 3.8) is 0 Å². The number of pyridine rings is 1. The molecule has 19 heavy (non-hydrogen) atoms. The SMILES string of the molecule is CC1OC1c1cc(-n2ccnc2)cc(C2OC2C)n1. The molecule has 5 heteroatoms. The van der Waals surface area contributed by atoms with Gasteiger partial charge in [-0.25, -0.2) is 4.98 Å². The van der Waals surface area contributed by atoms with Gasteiger partial charge in [-0.3, -0.25) is 4.98 Å². The first-order valence-electron chi connectivity index (χ1n) is 6.53. The highest BCUT2D eigenvalue weighted by Crippen LogP contribution is 2.41. The van der Waals surface area contributed by atoms with Crippen LogP contribution in [0.5, 0.6) is 0 Å². The summed E-state index contributed by atoms with van der Waals surface area (Å²) >= 11 is 0. The van der Waals surface area contributed by atoms with Gasteiger partial charge < -0.3 is 14.0 Å². The van der Waals surface area contributed by atoms with Gasteiger partial charge >= 0.3 is 0 Å². The Balaban J connectivity index is 1.77. The van der Waals surface area contributed by atoms with Gasteiger partial charge in [-0.15, -0.1) is 0 Å². The van der Waals surface area contributed by atoms with Crippen molar-refractivity contribution in [3.05, 3.63) is 42.2 Å². The summed E-state index contributed by atoms with van der Waals surface area (Å²) in [6, 6.07) is 4.12. The molecule has 4 heterocycles. The molecular formula is C14H15N3O2. The van der Waals surface area contributed by atoms with Crippen LogP contribution < -0.4 is 0 Å². The first kappa shape index (κ1) is 11.1. The van der Waals surface area contributed by atoms with Crippen molar-refractivity contribution >= 4 is 0 Å². The number of epoxide rings is 2. The van der Waals surface area contributed by atoms with Crippen molar-refractivity contribution in [2.75, 3.05) is 0 Å². The molecule has 2 aromatic rings. The van der Waals surface area contributed by atoms with Crippen molar-refractivity contribution < 1.29 is 9.47 Å². The molecule has 98 valence electrons. The Hall–Kier alpha value is -1.72. The van der Waals surface area contributed by atoms with Crippen LogP contribution in [0, 0.1) is 0 Å². The molecular weight excluding hydrogens is 242 g/mol. The maximum atomic E-state index is 5.53. The number of hydrogen-bond acceptors (Lipinski definition) is 4. The smallest absolute Gasteiger partial charge is 0.126 e. The number of rotatable bonds is 3. The lowest BCUT2D eigenvalue weighted by molar-refractivity contribution is 0.373. The van der Waals surface area contributed by atoms with Gasteiger partial charge in [0.2, 0.25) is 0 Å². The second-order valence-electron chi connectivity index (χ2n) is 5.17. The third-order valence-corrected chi connectivity index (χ3v) is 3.66. The second kappa shape index (κ2) is 3.88. The Kier molecular flexibility index (Phi) is 2.28. The van der Waals surface area contributed by atoms with Crippen molar-refractivity contribution in [3.8, 4) is 5.69 Å². The molecule has 0 aliphatic carbocycles. The topological polar surface area (TPSA) is 55.8 Å². The molecule has 5 nitrogen and oxygen atoms in total. The summed E-state index contributed by atoms with van der Waals surface area (Å²) in [5.41, 5.74) is 3.02. The summed E-state index contributed by atoms with van der Waals surface area (Å²) in [6.45, 7) is 4.12. The Labute approximate surface area is 111 Å². The molecule has 2 saturated heterocycles. The van der Waals surface area contributed by atoms with E-state index in [1.807, 2.05) is 10.8 Å². The molecule has 0 spiro atoms. The molecule has 2 fully saturated rings. The fourth-order valence-electron chi connectivity index (χ4n) is 2.40. The average molecular weight is 257 g/mol. The van der Waals surface area contributed by atoms with E-state index in [-0.39, 0.29) is 24.4 Å². The zero-order valence-electron chi connectivity index (χ0n) is 10.9. The van der Waals surface area contributed by atoms with Crippen LogP contribution in [0.4, 0.5) is 0 Å². The molecule has 2 aliphatic heterocycles. The van der Waals surface area contributed by atoms with E-state index in [1.165, 1.54) is 0 Å². The molecule has 4 rings (SSSR count). The minimum Gasteiger partial charge on any atom is -0.363 e. The highest BCUT2D eigenvalue weighted by Gasteiger charge is 2.41. The fraction of sp³-hybridized carbons (Fsp3) is 0.429. The molecule has 0 bridgehead atoms. The summed E-state index contributed by atoms with van der Waals surface area (Å²) in [6.07, 6.45) is 6.25. The van der Waals surface area contributed by atoms with Crippen molar-refractivity contribution in [2.24, 2.45) is 0 Å². The van der Waals surface area contributed by atoms with E-state index in [9.17, 15) is 0 Å². The minimum absolute atomic E-state index is 0.122. The molecule has 0 amide bonds. The van der Waals surface area contributed by atoms with E-state index in [2.05, 4.69) is 35.9 Å². The lowest BCUT2D eigenvalue weighted by Crippen LogP contribution is -2.01. The lowest BCUT2D eigenvalue weighted by atomic mass is 10.1. The molecule has 0 saturated carbocycles. The van der Waals surface area contributed by atoms with E-state index in [4.69, 9.17) is 9.47 Å². The van der Waals surface area contributed by atoms with Crippen LogP contribution in [0.15, 0.2) is 30.9 Å². The van der Waals surface area contributed by atoms with E-state index < -0.39 is 0 Å². The third kappa shape index (κ3) is 1.95. The largest absolute Gasteiger partial charge is 0.363 e. The van der Waals surface area contributed by atoms with Crippen LogP contribution in [0.2, 0.25) is 0 Å². The molecule has 2 aliphatic rings. The molecule has 0 N–H and O–H groups in total. The normalized spacial score (nSPS) is 32.3. The van der Waals surface area contributed by atoms with Crippen molar-refractivity contribution in [2.45, 2.75) is 38.3 Å². The van der Waals surface area contributed by atoms with E-state index in [0.29, 0.717) is 0 Å². The molecule has 4 unspecified atom stereocenters. The Morgan fingerprint density at radius 3 is 2.05 bits per heavy atom. The van der Waals surface area contributed by atoms with Gasteiger partial charge in [0.25, 0.3) is 0 Å². The Morgan fingerprint density at radius 2 is 1.63 bits per heavy atom. The first-order chi connectivity index (χ1) is 9.22. The number of nitrogens with zero attached hydrogens (tertiary/aromatic N) is 3. The fourth-order valence-corrected chi connectivity index (χ4v) is 2.40. The van der Waals surface area contributed by atoms with E-state index >= 15 is 0 Å². The van der Waals surface area contributed by atoms with E-state index in [0.717, 1.165) is 17.1 Å². The summed E-state index contributed by atoms with van der Waals surface area (Å²) in [7, 11) is 0. The first-order valence-corrected chi connectivity index (χ1v) is 6.53. The average Bonchev–Trinajstić information content (AvgIpc) is 3.24. The maximum absolute atomic E-state index is 5.53. The summed E-state index contributed by atoms with van der Waals surface area (Å²) in [5.74, 6) is 0. The minimum atomic E-state index is 0.122. The monoisotopic (exact) mass is 257 g/mol. The predicted molar refractivity (Wildman–Crippen MR) is 67.9 cm³/mol. The van der Waals surface area contributed by atoms with Crippen LogP contribution in [-0.2, 0) is 9.47 Å². The lowest BCUT2D eigenvalue weighted by Gasteiger charge is -2.07. The van der Waals surface area contributed by atoms with Crippen LogP contribution in [-0.4, -0.2) is 26.7 Å². The van der Waals surface area contributed by atoms with Crippen LogP contribution >= 0.6 is 0 Å². The van der Waals surface area contributed by atoms with Crippen molar-refractivity contribution in [1.82, 2.24) is 14.5 Å². The Bertz CT molecular complexity index is 577. The van der Waals surface area contributed by atoms with E-state index in [1.54, 1.807) is 12.5 Å². The van der Waals surface area contributed by atoms with Gasteiger partial charge in [0.1, 0.15) is 12.2 Å². The Morgan fingerprint density at radius 1 is 1.05 bits per heavy atom. The van der Waals surface area contributed by atoms with Gasteiger partial charge in [-0.1, -0.05) is 0 Å². The number of hydrogen-bond donors (Lipinski definition) is 0. The highest BCUT2D eigenvalue weighted by atomic mass is 16.6. The summed E-state index contributed by atoms with van der Waals surface area (Å²) in [4.78, 5) is 8.77. The van der Waals surface area contributed by atoms with Gasteiger partial charge in [-0.2, -0.15) is 0 Å². The predicted octanol–water partition coefficient (Wildman–Crippen LogP) is 2.19. The number of imidazole rings is 1. The molecule has 0 aromatic carbocycles. The van der Waals surface area contributed by atoms with Gasteiger partial charge in [-0.05, 0) is 26.0 Å². The molecule has 4 atom stereocenters. The van der Waals surface area contributed by atoms with Crippen LogP contribution in [0.25, 0.3) is 5.69 Å². The zero-order valence-corrected chi connectivity index (χ0v) is 10.9. The molecule has 2 aromatic heterocycles. The third-order valence-electron chi connectivity index (χ3n) is 3.66. The molecule has 0 radical (unpaired) electrons. The van der Waals surface area contributed by atoms with Crippen LogP contribution in [0.1, 0.15) is 37.4 Å². The van der Waals surface area contributed by atoms with Gasteiger partial charge in [0, 0.05) is 12.4 Å². The van der Waals surface area contributed by atoms with Crippen LogP contribution in [0.3, 0.4) is 0 Å². The van der Waals surface area contributed by atoms with Gasteiger partial charge in [0.05, 0.1) is 35.6 Å². The summed E-state index contributed by atoms with van der Waals surface area (Å²) in [5, 5.41) is 0. The summed E-state index contributed by atoms with van der Waals surface area (Å²) < 4.78 is 13.0. The number of aromatic nitrogens is 3. The number of ether oxygens (including phenoxy) is 2. The standard InChI is InChI=1S/C14H15N3O2/c1-8-13(18-8)11-5-10(17-4-3-15-7-17)6-12(16-11)14-9(2)19-14/h3-9,13-14H,1-2H3. The zero-order chi connectivity index (χ0) is 13.0.